The van der Waals surface area contributed by atoms with Crippen molar-refractivity contribution in [3.8, 4) is 5.75 Å². The predicted molar refractivity (Wildman–Crippen MR) is 108 cm³/mol. The van der Waals surface area contributed by atoms with Crippen LogP contribution in [0.4, 0.5) is 9.18 Å². The maximum atomic E-state index is 12.4. The minimum absolute atomic E-state index is 0.151. The summed E-state index contributed by atoms with van der Waals surface area (Å²) in [5.74, 6) is -0.0575. The molecule has 2 rings (SSSR count). The van der Waals surface area contributed by atoms with Crippen molar-refractivity contribution in [3.05, 3.63) is 61.2 Å². The van der Waals surface area contributed by atoms with E-state index in [2.05, 4.69) is 37.3 Å². The van der Waals surface area contributed by atoms with E-state index in [0.29, 0.717) is 15.2 Å². The second kappa shape index (κ2) is 10.3. The molecule has 0 fully saturated rings. The van der Waals surface area contributed by atoms with Crippen molar-refractivity contribution in [2.75, 3.05) is 0 Å². The van der Waals surface area contributed by atoms with Gasteiger partial charge in [-0.05, 0) is 57.2 Å². The lowest BCUT2D eigenvalue weighted by Gasteiger charge is -2.19. The average molecular weight is 532 g/mol. The minimum Gasteiger partial charge on any atom is -0.442 e. The van der Waals surface area contributed by atoms with E-state index in [1.807, 2.05) is 0 Å². The first-order valence-corrected chi connectivity index (χ1v) is 9.53. The molecule has 1 amide bonds. The van der Waals surface area contributed by atoms with Crippen LogP contribution in [0.25, 0.3) is 0 Å². The van der Waals surface area contributed by atoms with Gasteiger partial charge >= 0.3 is 6.09 Å². The summed E-state index contributed by atoms with van der Waals surface area (Å²) in [6.07, 6.45) is -0.673. The Morgan fingerprint density at radius 2 is 1.58 bits per heavy atom. The number of rotatable bonds is 2. The minimum atomic E-state index is -0.673. The zero-order valence-corrected chi connectivity index (χ0v) is 18.8. The molecular weight excluding hydrogens is 516 g/mol. The summed E-state index contributed by atoms with van der Waals surface area (Å²) in [5, 5.41) is 0.544. The van der Waals surface area contributed by atoms with Gasteiger partial charge in [-0.25, -0.2) is 9.18 Å². The second-order valence-corrected chi connectivity index (χ2v) is 8.48. The summed E-state index contributed by atoms with van der Waals surface area (Å²) < 4.78 is 18.9. The number of hydrogen-bond acceptors (Lipinski definition) is 3. The van der Waals surface area contributed by atoms with Crippen LogP contribution in [0.2, 0.25) is 10.0 Å². The van der Waals surface area contributed by atoms with Crippen LogP contribution in [0.15, 0.2) is 45.3 Å². The fraction of sp³-hybridized carbons (Fsp3) is 0.235. The van der Waals surface area contributed by atoms with E-state index in [1.165, 1.54) is 12.1 Å². The fourth-order valence-corrected chi connectivity index (χ4v) is 2.37. The Bertz CT molecular complexity index is 770. The molecule has 0 unspecified atom stereocenters. The van der Waals surface area contributed by atoms with E-state index >= 15 is 0 Å². The number of nitrogens with one attached hydrogen (secondary N) is 1. The van der Waals surface area contributed by atoms with Crippen LogP contribution in [0.3, 0.4) is 0 Å². The standard InChI is InChI=1S/C11H13BrClNO3.C6H3BrClF/c1-11(2,3)16-10(15)14-17-9-6-7(12)4-5-8(9)13;7-4-1-2-5(8)6(9)3-4/h4-6H,1-3H3,(H,14,15);1-3H. The molecule has 0 heterocycles. The number of hydroxylamine groups is 1. The van der Waals surface area contributed by atoms with Crippen LogP contribution in [-0.4, -0.2) is 11.7 Å². The van der Waals surface area contributed by atoms with Crippen molar-refractivity contribution in [1.29, 1.82) is 0 Å². The van der Waals surface area contributed by atoms with Gasteiger partial charge in [-0.15, -0.1) is 0 Å². The highest BCUT2D eigenvalue weighted by Crippen LogP contribution is 2.27. The highest BCUT2D eigenvalue weighted by Gasteiger charge is 2.16. The normalized spacial score (nSPS) is 10.5. The lowest BCUT2D eigenvalue weighted by Crippen LogP contribution is -2.34. The van der Waals surface area contributed by atoms with Crippen LogP contribution in [-0.2, 0) is 4.74 Å². The third-order valence-corrected chi connectivity index (χ3v) is 4.02. The lowest BCUT2D eigenvalue weighted by molar-refractivity contribution is 0.0287. The maximum absolute atomic E-state index is 12.4. The van der Waals surface area contributed by atoms with Crippen LogP contribution in [0, 0.1) is 5.82 Å². The zero-order valence-electron chi connectivity index (χ0n) is 14.1. The number of carbonyl (C=O) groups is 1. The Balaban J connectivity index is 0.000000314. The van der Waals surface area contributed by atoms with Gasteiger partial charge < -0.3 is 9.57 Å². The van der Waals surface area contributed by atoms with Crippen molar-refractivity contribution in [1.82, 2.24) is 5.48 Å². The molecule has 0 aliphatic carbocycles. The Kier molecular flexibility index (Phi) is 9.16. The Hall–Kier alpha value is -1.02. The third kappa shape index (κ3) is 9.07. The Morgan fingerprint density at radius 3 is 2.08 bits per heavy atom. The van der Waals surface area contributed by atoms with Gasteiger partial charge in [-0.3, -0.25) is 0 Å². The molecule has 0 saturated carbocycles. The lowest BCUT2D eigenvalue weighted by atomic mass is 10.2. The molecule has 0 spiro atoms. The summed E-state index contributed by atoms with van der Waals surface area (Å²) in [5.41, 5.74) is 1.58. The largest absolute Gasteiger partial charge is 0.442 e. The van der Waals surface area contributed by atoms with Crippen LogP contribution >= 0.6 is 55.1 Å². The predicted octanol–water partition coefficient (Wildman–Crippen LogP) is 7.16. The van der Waals surface area contributed by atoms with Crippen LogP contribution < -0.4 is 10.3 Å². The zero-order chi connectivity index (χ0) is 19.9. The number of benzene rings is 2. The maximum Gasteiger partial charge on any atom is 0.441 e. The third-order valence-electron chi connectivity index (χ3n) is 2.42. The molecule has 0 aliphatic rings. The van der Waals surface area contributed by atoms with Crippen molar-refractivity contribution < 1.29 is 18.8 Å². The molecule has 26 heavy (non-hydrogen) atoms. The molecule has 142 valence electrons. The van der Waals surface area contributed by atoms with Gasteiger partial charge in [0.15, 0.2) is 5.75 Å². The van der Waals surface area contributed by atoms with E-state index in [1.54, 1.807) is 45.0 Å². The van der Waals surface area contributed by atoms with Crippen LogP contribution in [0.5, 0.6) is 5.75 Å². The molecule has 2 aromatic carbocycles. The SMILES string of the molecule is CC(C)(C)OC(=O)NOc1cc(Br)ccc1Cl.Fc1cc(Br)ccc1Cl. The van der Waals surface area contributed by atoms with E-state index in [-0.39, 0.29) is 5.02 Å². The molecule has 9 heteroatoms. The summed E-state index contributed by atoms with van der Waals surface area (Å²) in [7, 11) is 0. The molecule has 0 aliphatic heterocycles. The molecule has 1 N–H and O–H groups in total. The van der Waals surface area contributed by atoms with Gasteiger partial charge in [0, 0.05) is 8.95 Å². The second-order valence-electron chi connectivity index (χ2n) is 5.84. The number of hydrogen-bond donors (Lipinski definition) is 1. The fourth-order valence-electron chi connectivity index (χ4n) is 1.42. The van der Waals surface area contributed by atoms with E-state index in [9.17, 15) is 9.18 Å². The Labute approximate surface area is 178 Å². The molecule has 4 nitrogen and oxygen atoms in total. The van der Waals surface area contributed by atoms with Crippen molar-refractivity contribution in [3.63, 3.8) is 0 Å². The summed E-state index contributed by atoms with van der Waals surface area (Å²) in [6.45, 7) is 5.29. The topological polar surface area (TPSA) is 47.6 Å². The summed E-state index contributed by atoms with van der Waals surface area (Å²) in [4.78, 5) is 16.4. The van der Waals surface area contributed by atoms with Crippen molar-refractivity contribution in [2.24, 2.45) is 0 Å². The first-order valence-electron chi connectivity index (χ1n) is 7.19. The van der Waals surface area contributed by atoms with Crippen molar-refractivity contribution in [2.45, 2.75) is 26.4 Å². The first kappa shape index (κ1) is 23.0. The van der Waals surface area contributed by atoms with Gasteiger partial charge in [-0.1, -0.05) is 55.1 Å². The summed E-state index contributed by atoms with van der Waals surface area (Å²) >= 11 is 17.6. The van der Waals surface area contributed by atoms with Gasteiger partial charge in [0.05, 0.1) is 10.0 Å². The molecule has 0 atom stereocenters. The van der Waals surface area contributed by atoms with Gasteiger partial charge in [0.1, 0.15) is 11.4 Å². The molecule has 0 aromatic heterocycles. The van der Waals surface area contributed by atoms with E-state index < -0.39 is 17.5 Å². The highest BCUT2D eigenvalue weighted by molar-refractivity contribution is 9.10. The van der Waals surface area contributed by atoms with Crippen LogP contribution in [0.1, 0.15) is 20.8 Å². The number of amides is 1. The molecule has 0 saturated heterocycles. The average Bonchev–Trinajstić information content (AvgIpc) is 2.51. The number of carbonyl (C=O) groups excluding carboxylic acids is 1. The van der Waals surface area contributed by atoms with Crippen molar-refractivity contribution >= 4 is 61.2 Å². The highest BCUT2D eigenvalue weighted by atomic mass is 79.9. The van der Waals surface area contributed by atoms with E-state index in [0.717, 1.165) is 4.47 Å². The quantitative estimate of drug-likeness (QED) is 0.330. The van der Waals surface area contributed by atoms with Gasteiger partial charge in [0.2, 0.25) is 0 Å². The monoisotopic (exact) mass is 529 g/mol. The smallest absolute Gasteiger partial charge is 0.441 e. The van der Waals surface area contributed by atoms with Gasteiger partial charge in [0.25, 0.3) is 0 Å². The number of ether oxygens (including phenoxy) is 1. The van der Waals surface area contributed by atoms with E-state index in [4.69, 9.17) is 32.8 Å². The van der Waals surface area contributed by atoms with Gasteiger partial charge in [-0.2, -0.15) is 5.48 Å². The number of halogens is 5. The molecular formula is C17H16Br2Cl2FNO3. The molecule has 2 aromatic rings. The Morgan fingerprint density at radius 1 is 1.04 bits per heavy atom. The summed E-state index contributed by atoms with van der Waals surface area (Å²) in [6, 6.07) is 9.56. The molecule has 0 bridgehead atoms. The first-order chi connectivity index (χ1) is 12.0. The molecule has 0 radical (unpaired) electrons.